The maximum absolute atomic E-state index is 14.7. The lowest BCUT2D eigenvalue weighted by Crippen LogP contribution is -2.23. The number of nitrogens with zero attached hydrogens (tertiary/aromatic N) is 1. The van der Waals surface area contributed by atoms with Crippen LogP contribution in [0.15, 0.2) is 71.6 Å². The number of hydrogen-bond donors (Lipinski definition) is 2. The molecule has 3 aromatic carbocycles. The van der Waals surface area contributed by atoms with Crippen molar-refractivity contribution in [2.45, 2.75) is 17.2 Å². The summed E-state index contributed by atoms with van der Waals surface area (Å²) in [5.41, 5.74) is 0.103. The molecule has 0 fully saturated rings. The summed E-state index contributed by atoms with van der Waals surface area (Å²) in [4.78, 5) is 6.29. The SMILES string of the molecule is CNS(=O)(=O)c1ccccc1-c1ccc2[nH]c(C(F)(F)Oc3ccc(C(F)(F)F)cc3)nc2c1. The zero-order chi connectivity index (χ0) is 24.7. The van der Waals surface area contributed by atoms with Gasteiger partial charge in [-0.3, -0.25) is 0 Å². The molecule has 34 heavy (non-hydrogen) atoms. The van der Waals surface area contributed by atoms with Gasteiger partial charge >= 0.3 is 12.3 Å². The van der Waals surface area contributed by atoms with Crippen LogP contribution in [0.3, 0.4) is 0 Å². The van der Waals surface area contributed by atoms with E-state index < -0.39 is 39.4 Å². The topological polar surface area (TPSA) is 84.1 Å². The average molecular weight is 497 g/mol. The van der Waals surface area contributed by atoms with Crippen molar-refractivity contribution >= 4 is 21.1 Å². The fourth-order valence-electron chi connectivity index (χ4n) is 3.27. The molecule has 0 unspecified atom stereocenters. The molecule has 0 aliphatic heterocycles. The maximum atomic E-state index is 14.7. The highest BCUT2D eigenvalue weighted by molar-refractivity contribution is 7.89. The highest BCUT2D eigenvalue weighted by Gasteiger charge is 2.39. The van der Waals surface area contributed by atoms with Gasteiger partial charge in [-0.2, -0.15) is 22.0 Å². The number of ether oxygens (including phenoxy) is 1. The lowest BCUT2D eigenvalue weighted by Gasteiger charge is -2.16. The number of nitrogens with one attached hydrogen (secondary N) is 2. The summed E-state index contributed by atoms with van der Waals surface area (Å²) in [6.45, 7) is 0. The van der Waals surface area contributed by atoms with Crippen molar-refractivity contribution in [2.75, 3.05) is 7.05 Å². The van der Waals surface area contributed by atoms with E-state index in [9.17, 15) is 30.4 Å². The van der Waals surface area contributed by atoms with Crippen LogP contribution in [0.1, 0.15) is 11.4 Å². The lowest BCUT2D eigenvalue weighted by atomic mass is 10.1. The standard InChI is InChI=1S/C22H16F5N3O3S/c1-28-34(31,32)19-5-3-2-4-16(19)13-6-11-17-18(12-13)30-20(29-17)22(26,27)33-15-9-7-14(8-10-15)21(23,24)25/h2-12,28H,1H3,(H,29,30). The van der Waals surface area contributed by atoms with Gasteiger partial charge in [0.15, 0.2) is 0 Å². The first kappa shape index (κ1) is 23.6. The number of imidazole rings is 1. The minimum atomic E-state index is -4.61. The molecule has 0 radical (unpaired) electrons. The summed E-state index contributed by atoms with van der Waals surface area (Å²) < 4.78 is 98.9. The first-order chi connectivity index (χ1) is 15.9. The number of aromatic amines is 1. The smallest absolute Gasteiger partial charge is 0.427 e. The van der Waals surface area contributed by atoms with Gasteiger partial charge in [0.2, 0.25) is 15.8 Å². The molecule has 1 aromatic heterocycles. The van der Waals surface area contributed by atoms with E-state index in [0.717, 1.165) is 12.1 Å². The molecule has 6 nitrogen and oxygen atoms in total. The van der Waals surface area contributed by atoms with E-state index in [1.807, 2.05) is 0 Å². The molecule has 0 atom stereocenters. The number of aromatic nitrogens is 2. The van der Waals surface area contributed by atoms with Crippen LogP contribution < -0.4 is 9.46 Å². The van der Waals surface area contributed by atoms with Crippen LogP contribution in [0.25, 0.3) is 22.2 Å². The third kappa shape index (κ3) is 4.59. The summed E-state index contributed by atoms with van der Waals surface area (Å²) in [6, 6.07) is 13.4. The third-order valence-corrected chi connectivity index (χ3v) is 6.42. The first-order valence-corrected chi connectivity index (χ1v) is 11.2. The fourth-order valence-corrected chi connectivity index (χ4v) is 4.22. The van der Waals surface area contributed by atoms with Gasteiger partial charge in [0.05, 0.1) is 21.5 Å². The second kappa shape index (κ2) is 8.37. The van der Waals surface area contributed by atoms with Crippen molar-refractivity contribution in [2.24, 2.45) is 0 Å². The van der Waals surface area contributed by atoms with Crippen LogP contribution in [-0.4, -0.2) is 25.4 Å². The van der Waals surface area contributed by atoms with Crippen LogP contribution in [0.4, 0.5) is 22.0 Å². The molecule has 178 valence electrons. The lowest BCUT2D eigenvalue weighted by molar-refractivity contribution is -0.191. The summed E-state index contributed by atoms with van der Waals surface area (Å²) >= 11 is 0. The fraction of sp³-hybridized carbons (Fsp3) is 0.136. The number of fused-ring (bicyclic) bond motifs is 1. The number of H-pyrrole nitrogens is 1. The highest BCUT2D eigenvalue weighted by atomic mass is 32.2. The van der Waals surface area contributed by atoms with Gasteiger partial charge < -0.3 is 9.72 Å². The van der Waals surface area contributed by atoms with E-state index in [0.29, 0.717) is 23.3 Å². The third-order valence-electron chi connectivity index (χ3n) is 4.94. The molecule has 0 saturated carbocycles. The van der Waals surface area contributed by atoms with Gasteiger partial charge in [-0.25, -0.2) is 18.1 Å². The van der Waals surface area contributed by atoms with Crippen molar-refractivity contribution in [3.8, 4) is 16.9 Å². The second-order valence-electron chi connectivity index (χ2n) is 7.16. The Morgan fingerprint density at radius 1 is 0.941 bits per heavy atom. The van der Waals surface area contributed by atoms with E-state index in [1.165, 1.54) is 25.2 Å². The van der Waals surface area contributed by atoms with Crippen LogP contribution in [0.2, 0.25) is 0 Å². The number of rotatable bonds is 6. The number of benzene rings is 3. The van der Waals surface area contributed by atoms with Gasteiger partial charge in [-0.05, 0) is 55.1 Å². The highest BCUT2D eigenvalue weighted by Crippen LogP contribution is 2.35. The molecule has 1 heterocycles. The maximum Gasteiger partial charge on any atom is 0.460 e. The summed E-state index contributed by atoms with van der Waals surface area (Å²) in [5.74, 6) is -1.35. The molecule has 4 aromatic rings. The molecule has 0 saturated heterocycles. The van der Waals surface area contributed by atoms with Crippen LogP contribution in [0.5, 0.6) is 5.75 Å². The summed E-state index contributed by atoms with van der Waals surface area (Å²) in [6.07, 6.45) is -8.59. The predicted molar refractivity (Wildman–Crippen MR) is 114 cm³/mol. The molecule has 12 heteroatoms. The second-order valence-corrected chi connectivity index (χ2v) is 9.02. The molecule has 0 amide bonds. The van der Waals surface area contributed by atoms with Crippen molar-refractivity contribution in [1.82, 2.24) is 14.7 Å². The molecule has 0 aliphatic rings. The van der Waals surface area contributed by atoms with Crippen molar-refractivity contribution in [1.29, 1.82) is 0 Å². The number of halogens is 5. The molecular formula is C22H16F5N3O3S. The molecule has 0 bridgehead atoms. The molecular weight excluding hydrogens is 481 g/mol. The Morgan fingerprint density at radius 2 is 1.62 bits per heavy atom. The zero-order valence-electron chi connectivity index (χ0n) is 17.3. The van der Waals surface area contributed by atoms with E-state index in [1.54, 1.807) is 24.3 Å². The molecule has 4 rings (SSSR count). The van der Waals surface area contributed by atoms with Crippen molar-refractivity contribution in [3.63, 3.8) is 0 Å². The Hall–Kier alpha value is -3.51. The van der Waals surface area contributed by atoms with Gasteiger partial charge in [-0.15, -0.1) is 0 Å². The van der Waals surface area contributed by atoms with E-state index in [4.69, 9.17) is 0 Å². The van der Waals surface area contributed by atoms with Gasteiger partial charge in [0, 0.05) is 5.56 Å². The Bertz CT molecular complexity index is 1450. The minimum absolute atomic E-state index is 0.00331. The Labute approximate surface area is 190 Å². The van der Waals surface area contributed by atoms with Gasteiger partial charge in [-0.1, -0.05) is 24.3 Å². The number of hydrogen-bond acceptors (Lipinski definition) is 4. The average Bonchev–Trinajstić information content (AvgIpc) is 3.23. The van der Waals surface area contributed by atoms with E-state index in [2.05, 4.69) is 19.4 Å². The van der Waals surface area contributed by atoms with Crippen LogP contribution in [0, 0.1) is 0 Å². The first-order valence-electron chi connectivity index (χ1n) is 9.68. The van der Waals surface area contributed by atoms with Crippen molar-refractivity contribution < 1.29 is 35.1 Å². The van der Waals surface area contributed by atoms with Crippen molar-refractivity contribution in [3.05, 3.63) is 78.1 Å². The predicted octanol–water partition coefficient (Wildman–Crippen LogP) is 5.29. The Balaban J connectivity index is 1.67. The Morgan fingerprint density at radius 3 is 2.26 bits per heavy atom. The number of alkyl halides is 5. The largest absolute Gasteiger partial charge is 0.460 e. The van der Waals surface area contributed by atoms with Gasteiger partial charge in [0.1, 0.15) is 5.75 Å². The Kier molecular flexibility index (Phi) is 5.82. The molecule has 2 N–H and O–H groups in total. The zero-order valence-corrected chi connectivity index (χ0v) is 18.1. The monoisotopic (exact) mass is 497 g/mol. The van der Waals surface area contributed by atoms with Gasteiger partial charge in [0.25, 0.3) is 0 Å². The molecule has 0 spiro atoms. The summed E-state index contributed by atoms with van der Waals surface area (Å²) in [7, 11) is -2.51. The van der Waals surface area contributed by atoms with E-state index in [-0.39, 0.29) is 15.9 Å². The van der Waals surface area contributed by atoms with E-state index >= 15 is 0 Å². The normalized spacial score (nSPS) is 12.8. The van der Waals surface area contributed by atoms with Crippen LogP contribution >= 0.6 is 0 Å². The minimum Gasteiger partial charge on any atom is -0.427 e. The van der Waals surface area contributed by atoms with Crippen LogP contribution in [-0.2, 0) is 22.3 Å². The summed E-state index contributed by atoms with van der Waals surface area (Å²) in [5, 5.41) is 0. The number of sulfonamides is 1. The molecule has 0 aliphatic carbocycles. The quantitative estimate of drug-likeness (QED) is 0.355.